The molecular formula is C23H22N4O2. The number of hydrogen-bond donors (Lipinski definition) is 2. The van der Waals surface area contributed by atoms with Gasteiger partial charge in [0.25, 0.3) is 5.91 Å². The van der Waals surface area contributed by atoms with E-state index in [0.717, 1.165) is 29.7 Å². The van der Waals surface area contributed by atoms with Gasteiger partial charge in [0, 0.05) is 35.8 Å². The van der Waals surface area contributed by atoms with Crippen LogP contribution in [0.2, 0.25) is 0 Å². The molecule has 0 aliphatic heterocycles. The molecule has 2 aromatic carbocycles. The van der Waals surface area contributed by atoms with E-state index in [1.807, 2.05) is 53.3 Å². The van der Waals surface area contributed by atoms with E-state index in [0.29, 0.717) is 18.2 Å². The molecule has 0 radical (unpaired) electrons. The maximum atomic E-state index is 12.2. The monoisotopic (exact) mass is 386 g/mol. The number of benzene rings is 2. The van der Waals surface area contributed by atoms with Crippen molar-refractivity contribution in [3.05, 3.63) is 89.8 Å². The van der Waals surface area contributed by atoms with Crippen molar-refractivity contribution < 1.29 is 9.59 Å². The van der Waals surface area contributed by atoms with Crippen LogP contribution in [-0.4, -0.2) is 27.6 Å². The summed E-state index contributed by atoms with van der Waals surface area (Å²) in [5.74, 6) is -0.253. The van der Waals surface area contributed by atoms with E-state index < -0.39 is 0 Å². The Balaban J connectivity index is 1.29. The molecule has 0 atom stereocenters. The highest BCUT2D eigenvalue weighted by atomic mass is 16.2. The van der Waals surface area contributed by atoms with Gasteiger partial charge in [0.15, 0.2) is 0 Å². The summed E-state index contributed by atoms with van der Waals surface area (Å²) >= 11 is 0. The van der Waals surface area contributed by atoms with Crippen molar-refractivity contribution in [2.24, 2.45) is 0 Å². The van der Waals surface area contributed by atoms with Crippen molar-refractivity contribution in [3.63, 3.8) is 0 Å². The number of aromatic nitrogens is 2. The van der Waals surface area contributed by atoms with Crippen molar-refractivity contribution in [1.29, 1.82) is 0 Å². The first-order chi connectivity index (χ1) is 14.2. The first kappa shape index (κ1) is 18.7. The zero-order valence-corrected chi connectivity index (χ0v) is 15.9. The van der Waals surface area contributed by atoms with Crippen LogP contribution in [0.25, 0.3) is 6.08 Å². The molecule has 1 heterocycles. The third kappa shape index (κ3) is 5.42. The Labute approximate surface area is 169 Å². The Bertz CT molecular complexity index is 1000. The largest absolute Gasteiger partial charge is 0.349 e. The molecule has 6 heteroatoms. The molecule has 1 fully saturated rings. The van der Waals surface area contributed by atoms with E-state index in [9.17, 15) is 9.59 Å². The van der Waals surface area contributed by atoms with Gasteiger partial charge < -0.3 is 10.6 Å². The number of hydrogen-bond acceptors (Lipinski definition) is 3. The summed E-state index contributed by atoms with van der Waals surface area (Å²) in [6.45, 7) is 0.690. The smallest absolute Gasteiger partial charge is 0.251 e. The Morgan fingerprint density at radius 3 is 2.48 bits per heavy atom. The van der Waals surface area contributed by atoms with Crippen LogP contribution in [-0.2, 0) is 11.3 Å². The molecule has 4 rings (SSSR count). The van der Waals surface area contributed by atoms with Crippen LogP contribution < -0.4 is 10.6 Å². The van der Waals surface area contributed by atoms with Gasteiger partial charge in [-0.25, -0.2) is 0 Å². The normalized spacial score (nSPS) is 13.4. The van der Waals surface area contributed by atoms with E-state index in [2.05, 4.69) is 15.7 Å². The van der Waals surface area contributed by atoms with E-state index in [1.54, 1.807) is 24.4 Å². The fourth-order valence-corrected chi connectivity index (χ4v) is 2.87. The summed E-state index contributed by atoms with van der Waals surface area (Å²) in [5.41, 5.74) is 3.33. The summed E-state index contributed by atoms with van der Waals surface area (Å²) in [6.07, 6.45) is 8.99. The summed E-state index contributed by atoms with van der Waals surface area (Å²) < 4.78 is 1.84. The molecule has 0 saturated heterocycles. The van der Waals surface area contributed by atoms with Crippen molar-refractivity contribution in [1.82, 2.24) is 15.1 Å². The van der Waals surface area contributed by atoms with Gasteiger partial charge in [-0.2, -0.15) is 5.10 Å². The van der Waals surface area contributed by atoms with E-state index in [-0.39, 0.29) is 11.8 Å². The molecule has 1 aliphatic carbocycles. The lowest BCUT2D eigenvalue weighted by Gasteiger charge is -2.05. The molecule has 0 spiro atoms. The molecule has 29 heavy (non-hydrogen) atoms. The molecule has 0 unspecified atom stereocenters. The van der Waals surface area contributed by atoms with Gasteiger partial charge >= 0.3 is 0 Å². The third-order valence-corrected chi connectivity index (χ3v) is 4.64. The standard InChI is InChI=1S/C23H22N4O2/c28-22(25-20-9-4-18(5-10-20)16-27-15-1-14-24-27)13-6-17-2-7-19(8-3-17)23(29)26-21-11-12-21/h1-10,13-15,21H,11-12,16H2,(H,25,28)(H,26,29). The molecule has 1 aliphatic rings. The molecule has 0 bridgehead atoms. The molecule has 1 aromatic heterocycles. The SMILES string of the molecule is O=C(C=Cc1ccc(C(=O)NC2CC2)cc1)Nc1ccc(Cn2cccn2)cc1. The van der Waals surface area contributed by atoms with Crippen molar-refractivity contribution >= 4 is 23.6 Å². The highest BCUT2D eigenvalue weighted by Crippen LogP contribution is 2.19. The Hall–Kier alpha value is -3.67. The van der Waals surface area contributed by atoms with Crippen LogP contribution in [0, 0.1) is 0 Å². The molecule has 2 amide bonds. The summed E-state index contributed by atoms with van der Waals surface area (Å²) in [6, 6.07) is 17.1. The van der Waals surface area contributed by atoms with Gasteiger partial charge in [-0.15, -0.1) is 0 Å². The lowest BCUT2D eigenvalue weighted by atomic mass is 10.1. The zero-order valence-electron chi connectivity index (χ0n) is 15.9. The molecule has 3 aromatic rings. The molecule has 2 N–H and O–H groups in total. The number of carbonyl (C=O) groups excluding carboxylic acids is 2. The van der Waals surface area contributed by atoms with Crippen LogP contribution in [0.15, 0.2) is 73.1 Å². The first-order valence-corrected chi connectivity index (χ1v) is 9.62. The van der Waals surface area contributed by atoms with Crippen LogP contribution in [0.1, 0.15) is 34.3 Å². The maximum Gasteiger partial charge on any atom is 0.251 e. The van der Waals surface area contributed by atoms with Gasteiger partial charge in [0.2, 0.25) is 5.91 Å². The molecule has 6 nitrogen and oxygen atoms in total. The van der Waals surface area contributed by atoms with Crippen LogP contribution in [0.3, 0.4) is 0 Å². The van der Waals surface area contributed by atoms with Crippen LogP contribution >= 0.6 is 0 Å². The minimum Gasteiger partial charge on any atom is -0.349 e. The number of rotatable bonds is 7. The Morgan fingerprint density at radius 1 is 1.07 bits per heavy atom. The number of carbonyl (C=O) groups is 2. The highest BCUT2D eigenvalue weighted by Gasteiger charge is 2.23. The van der Waals surface area contributed by atoms with Crippen molar-refractivity contribution in [2.75, 3.05) is 5.32 Å². The second-order valence-corrected chi connectivity index (χ2v) is 7.09. The average Bonchev–Trinajstić information content (AvgIpc) is 3.40. The van der Waals surface area contributed by atoms with Gasteiger partial charge in [0.05, 0.1) is 6.54 Å². The van der Waals surface area contributed by atoms with Crippen molar-refractivity contribution in [3.8, 4) is 0 Å². The van der Waals surface area contributed by atoms with E-state index >= 15 is 0 Å². The number of nitrogens with zero attached hydrogens (tertiary/aromatic N) is 2. The van der Waals surface area contributed by atoms with Gasteiger partial charge in [0.1, 0.15) is 0 Å². The van der Waals surface area contributed by atoms with Gasteiger partial charge in [-0.05, 0) is 60.4 Å². The van der Waals surface area contributed by atoms with Crippen molar-refractivity contribution in [2.45, 2.75) is 25.4 Å². The lowest BCUT2D eigenvalue weighted by Crippen LogP contribution is -2.25. The maximum absolute atomic E-state index is 12.2. The molecule has 146 valence electrons. The predicted octanol–water partition coefficient (Wildman–Crippen LogP) is 3.48. The lowest BCUT2D eigenvalue weighted by molar-refractivity contribution is -0.111. The van der Waals surface area contributed by atoms with Gasteiger partial charge in [-0.3, -0.25) is 14.3 Å². The second kappa shape index (κ2) is 8.56. The first-order valence-electron chi connectivity index (χ1n) is 9.62. The zero-order chi connectivity index (χ0) is 20.1. The summed E-state index contributed by atoms with van der Waals surface area (Å²) in [5, 5.41) is 9.98. The molecular weight excluding hydrogens is 364 g/mol. The molecule has 1 saturated carbocycles. The Kier molecular flexibility index (Phi) is 5.52. The quantitative estimate of drug-likeness (QED) is 0.611. The fourth-order valence-electron chi connectivity index (χ4n) is 2.87. The number of amides is 2. The topological polar surface area (TPSA) is 76.0 Å². The minimum atomic E-state index is -0.208. The van der Waals surface area contributed by atoms with E-state index in [4.69, 9.17) is 0 Å². The second-order valence-electron chi connectivity index (χ2n) is 7.09. The minimum absolute atomic E-state index is 0.0447. The number of anilines is 1. The third-order valence-electron chi connectivity index (χ3n) is 4.64. The predicted molar refractivity (Wildman–Crippen MR) is 112 cm³/mol. The van der Waals surface area contributed by atoms with Crippen LogP contribution in [0.4, 0.5) is 5.69 Å². The fraction of sp³-hybridized carbons (Fsp3) is 0.174. The van der Waals surface area contributed by atoms with Gasteiger partial charge in [-0.1, -0.05) is 24.3 Å². The average molecular weight is 386 g/mol. The summed E-state index contributed by atoms with van der Waals surface area (Å²) in [7, 11) is 0. The summed E-state index contributed by atoms with van der Waals surface area (Å²) in [4.78, 5) is 24.1. The Morgan fingerprint density at radius 2 is 1.83 bits per heavy atom. The van der Waals surface area contributed by atoms with E-state index in [1.165, 1.54) is 6.08 Å². The highest BCUT2D eigenvalue weighted by molar-refractivity contribution is 6.02. The van der Waals surface area contributed by atoms with Crippen LogP contribution in [0.5, 0.6) is 0 Å². The number of nitrogens with one attached hydrogen (secondary N) is 2.